The molecule has 0 unspecified atom stereocenters. The van der Waals surface area contributed by atoms with E-state index in [1.807, 2.05) is 11.3 Å². The van der Waals surface area contributed by atoms with Crippen LogP contribution >= 0.6 is 11.3 Å². The molecular formula is C58H36N2OS. The van der Waals surface area contributed by atoms with Crippen molar-refractivity contribution in [2.75, 3.05) is 4.90 Å². The number of hydrogen-bond donors (Lipinski definition) is 0. The van der Waals surface area contributed by atoms with Crippen LogP contribution in [0.15, 0.2) is 223 Å². The Labute approximate surface area is 361 Å². The summed E-state index contributed by atoms with van der Waals surface area (Å²) < 4.78 is 11.7. The van der Waals surface area contributed by atoms with E-state index in [0.717, 1.165) is 61.2 Å². The molecule has 3 nitrogen and oxygen atoms in total. The van der Waals surface area contributed by atoms with Crippen molar-refractivity contribution in [3.8, 4) is 27.9 Å². The highest BCUT2D eigenvalue weighted by atomic mass is 32.1. The van der Waals surface area contributed by atoms with Gasteiger partial charge in [-0.15, -0.1) is 11.3 Å². The molecule has 0 spiro atoms. The van der Waals surface area contributed by atoms with Crippen LogP contribution in [0.3, 0.4) is 0 Å². The van der Waals surface area contributed by atoms with Gasteiger partial charge in [0.05, 0.1) is 22.1 Å². The summed E-state index contributed by atoms with van der Waals surface area (Å²) in [6, 6.07) is 79.2. The number of thiophene rings is 1. The zero-order valence-electron chi connectivity index (χ0n) is 33.5. The molecule has 13 rings (SSSR count). The summed E-state index contributed by atoms with van der Waals surface area (Å²) in [5, 5.41) is 9.63. The molecule has 0 amide bonds. The Morgan fingerprint density at radius 3 is 1.71 bits per heavy atom. The number of fused-ring (bicyclic) bond motifs is 11. The number of para-hydroxylation sites is 2. The number of hydrogen-bond acceptors (Lipinski definition) is 3. The summed E-state index contributed by atoms with van der Waals surface area (Å²) in [6.45, 7) is 0. The summed E-state index contributed by atoms with van der Waals surface area (Å²) in [5.74, 6) is 0. The minimum absolute atomic E-state index is 0.866. The Hall–Kier alpha value is -7.92. The lowest BCUT2D eigenvalue weighted by molar-refractivity contribution is 0.672. The monoisotopic (exact) mass is 808 g/mol. The molecule has 3 aromatic heterocycles. The van der Waals surface area contributed by atoms with E-state index in [0.29, 0.717) is 0 Å². The van der Waals surface area contributed by atoms with Gasteiger partial charge in [-0.05, 0) is 107 Å². The first-order valence-corrected chi connectivity index (χ1v) is 21.9. The number of aromatic nitrogens is 1. The van der Waals surface area contributed by atoms with Crippen molar-refractivity contribution in [3.63, 3.8) is 0 Å². The molecule has 0 saturated carbocycles. The van der Waals surface area contributed by atoms with Gasteiger partial charge in [0.15, 0.2) is 0 Å². The predicted molar refractivity (Wildman–Crippen MR) is 264 cm³/mol. The second-order valence-corrected chi connectivity index (χ2v) is 17.2. The van der Waals surface area contributed by atoms with Crippen LogP contribution in [0, 0.1) is 0 Å². The van der Waals surface area contributed by atoms with Gasteiger partial charge in [0.25, 0.3) is 0 Å². The number of anilines is 3. The maximum atomic E-state index is 6.71. The highest BCUT2D eigenvalue weighted by molar-refractivity contribution is 7.25. The van der Waals surface area contributed by atoms with Crippen LogP contribution in [0.2, 0.25) is 0 Å². The molecule has 0 aliphatic heterocycles. The van der Waals surface area contributed by atoms with E-state index < -0.39 is 0 Å². The first-order valence-electron chi connectivity index (χ1n) is 21.1. The van der Waals surface area contributed by atoms with Crippen molar-refractivity contribution < 1.29 is 4.42 Å². The molecule has 3 heterocycles. The summed E-state index contributed by atoms with van der Waals surface area (Å²) >= 11 is 1.86. The Balaban J connectivity index is 0.936. The van der Waals surface area contributed by atoms with Gasteiger partial charge in [0.1, 0.15) is 11.2 Å². The zero-order chi connectivity index (χ0) is 40.7. The highest BCUT2D eigenvalue weighted by Gasteiger charge is 2.21. The maximum Gasteiger partial charge on any atom is 0.143 e. The van der Waals surface area contributed by atoms with Crippen LogP contribution in [-0.2, 0) is 0 Å². The van der Waals surface area contributed by atoms with Gasteiger partial charge in [-0.2, -0.15) is 0 Å². The number of furan rings is 1. The largest absolute Gasteiger partial charge is 0.455 e. The third kappa shape index (κ3) is 5.44. The molecule has 4 heteroatoms. The lowest BCUT2D eigenvalue weighted by Gasteiger charge is -2.26. The summed E-state index contributed by atoms with van der Waals surface area (Å²) in [5.41, 5.74) is 13.2. The highest BCUT2D eigenvalue weighted by Crippen LogP contribution is 2.45. The SMILES string of the molecule is c1cc(-c2ccc(N(c3ccc(-c4ccc5c(c4)sc4ccccc45)cc3)c3cccc4oc5c6ccccc6ccc5c34)cc2)cc(-n2c3ccccc3c3ccccc32)c1. The van der Waals surface area contributed by atoms with Crippen molar-refractivity contribution in [2.45, 2.75) is 0 Å². The first-order chi connectivity index (χ1) is 30.7. The van der Waals surface area contributed by atoms with Crippen molar-refractivity contribution >= 4 is 103 Å². The summed E-state index contributed by atoms with van der Waals surface area (Å²) in [6.07, 6.45) is 0. The van der Waals surface area contributed by atoms with Crippen molar-refractivity contribution in [3.05, 3.63) is 218 Å². The third-order valence-electron chi connectivity index (χ3n) is 12.6. The van der Waals surface area contributed by atoms with Crippen LogP contribution in [0.1, 0.15) is 0 Å². The van der Waals surface area contributed by atoms with Gasteiger partial charge in [0.2, 0.25) is 0 Å². The van der Waals surface area contributed by atoms with Gasteiger partial charge >= 0.3 is 0 Å². The van der Waals surface area contributed by atoms with Gasteiger partial charge in [-0.3, -0.25) is 0 Å². The minimum Gasteiger partial charge on any atom is -0.455 e. The number of nitrogens with zero attached hydrogens (tertiary/aromatic N) is 2. The van der Waals surface area contributed by atoms with Crippen LogP contribution in [0.4, 0.5) is 17.1 Å². The smallest absolute Gasteiger partial charge is 0.143 e. The van der Waals surface area contributed by atoms with Gasteiger partial charge in [0, 0.05) is 58.8 Å². The van der Waals surface area contributed by atoms with Gasteiger partial charge < -0.3 is 13.9 Å². The second-order valence-electron chi connectivity index (χ2n) is 16.1. The average Bonchev–Trinajstić information content (AvgIpc) is 4.02. The first kappa shape index (κ1) is 34.9. The Morgan fingerprint density at radius 2 is 0.968 bits per heavy atom. The van der Waals surface area contributed by atoms with Crippen molar-refractivity contribution in [1.29, 1.82) is 0 Å². The van der Waals surface area contributed by atoms with E-state index in [4.69, 9.17) is 4.42 Å². The molecule has 0 radical (unpaired) electrons. The standard InChI is InChI=1S/C58H36N2OS/c1-2-14-45-39(11-1)27-34-50-57-53(20-10-21-54(57)61-58(45)50)59(43-31-25-38(26-32-43)41-28-33-49-48-17-5-8-22-55(48)62-56(49)36-41)42-29-23-37(24-30-42)40-12-9-13-44(35-40)60-51-18-6-3-15-46(51)47-16-4-7-19-52(47)60/h1-36H. The van der Waals surface area contributed by atoms with Crippen molar-refractivity contribution in [1.82, 2.24) is 4.57 Å². The van der Waals surface area contributed by atoms with E-state index in [1.54, 1.807) is 0 Å². The number of benzene rings is 10. The van der Waals surface area contributed by atoms with E-state index >= 15 is 0 Å². The van der Waals surface area contributed by atoms with Crippen LogP contribution in [0.25, 0.3) is 103 Å². The lowest BCUT2D eigenvalue weighted by atomic mass is 10.0. The fraction of sp³-hybridized carbons (Fsp3) is 0. The van der Waals surface area contributed by atoms with E-state index in [1.165, 1.54) is 58.5 Å². The zero-order valence-corrected chi connectivity index (χ0v) is 34.3. The average molecular weight is 809 g/mol. The van der Waals surface area contributed by atoms with Crippen molar-refractivity contribution in [2.24, 2.45) is 0 Å². The Kier molecular flexibility index (Phi) is 7.78. The lowest BCUT2D eigenvalue weighted by Crippen LogP contribution is -2.10. The fourth-order valence-corrected chi connectivity index (χ4v) is 10.8. The molecule has 13 aromatic rings. The van der Waals surface area contributed by atoms with Gasteiger partial charge in [-0.1, -0.05) is 140 Å². The van der Waals surface area contributed by atoms with Crippen LogP contribution in [-0.4, -0.2) is 4.57 Å². The van der Waals surface area contributed by atoms with E-state index in [9.17, 15) is 0 Å². The topological polar surface area (TPSA) is 21.3 Å². The van der Waals surface area contributed by atoms with E-state index in [2.05, 4.69) is 228 Å². The Morgan fingerprint density at radius 1 is 0.387 bits per heavy atom. The molecule has 0 aliphatic rings. The molecule has 0 atom stereocenters. The molecule has 0 saturated heterocycles. The summed E-state index contributed by atoms with van der Waals surface area (Å²) in [4.78, 5) is 2.38. The minimum atomic E-state index is 0.866. The molecule has 10 aromatic carbocycles. The second kappa shape index (κ2) is 13.8. The Bertz CT molecular complexity index is 3820. The number of rotatable bonds is 6. The normalized spacial score (nSPS) is 11.9. The molecule has 62 heavy (non-hydrogen) atoms. The van der Waals surface area contributed by atoms with Crippen LogP contribution in [0.5, 0.6) is 0 Å². The van der Waals surface area contributed by atoms with E-state index in [-0.39, 0.29) is 0 Å². The molecule has 290 valence electrons. The molecule has 0 fully saturated rings. The molecule has 0 N–H and O–H groups in total. The fourth-order valence-electron chi connectivity index (χ4n) is 9.69. The maximum absolute atomic E-state index is 6.71. The predicted octanol–water partition coefficient (Wildman–Crippen LogP) is 17.0. The quantitative estimate of drug-likeness (QED) is 0.167. The van der Waals surface area contributed by atoms with Crippen LogP contribution < -0.4 is 4.90 Å². The van der Waals surface area contributed by atoms with Gasteiger partial charge in [-0.25, -0.2) is 0 Å². The third-order valence-corrected chi connectivity index (χ3v) is 13.7. The summed E-state index contributed by atoms with van der Waals surface area (Å²) in [7, 11) is 0. The molecule has 0 aliphatic carbocycles. The molecular weight excluding hydrogens is 773 g/mol. The molecule has 0 bridgehead atoms.